The van der Waals surface area contributed by atoms with Crippen LogP contribution in [-0.2, 0) is 27.2 Å². The molecule has 1 N–H and O–H groups in total. The van der Waals surface area contributed by atoms with Gasteiger partial charge in [-0.25, -0.2) is 4.98 Å². The fraction of sp³-hybridized carbons (Fsp3) is 0.286. The van der Waals surface area contributed by atoms with Gasteiger partial charge in [0, 0.05) is 11.4 Å². The molecule has 0 aliphatic carbocycles. The molecule has 0 aliphatic heterocycles. The predicted molar refractivity (Wildman–Crippen MR) is 107 cm³/mol. The number of ether oxygens (including phenoxy) is 1. The smallest absolute Gasteiger partial charge is 0.307 e. The minimum absolute atomic E-state index is 0.116. The summed E-state index contributed by atoms with van der Waals surface area (Å²) in [4.78, 5) is 28.7. The minimum atomic E-state index is -0.356. The van der Waals surface area contributed by atoms with Crippen LogP contribution in [0.3, 0.4) is 0 Å². The average molecular weight is 398 g/mol. The van der Waals surface area contributed by atoms with Crippen LogP contribution in [0.5, 0.6) is 0 Å². The van der Waals surface area contributed by atoms with Crippen LogP contribution in [0.15, 0.2) is 52.3 Å². The first-order valence-electron chi connectivity index (χ1n) is 8.95. The zero-order valence-electron chi connectivity index (χ0n) is 15.8. The Labute approximate surface area is 167 Å². The maximum Gasteiger partial charge on any atom is 0.307 e. The summed E-state index contributed by atoms with van der Waals surface area (Å²) < 4.78 is 10.3. The number of nitrogens with zero attached hydrogens (tertiary/aromatic N) is 1. The lowest BCUT2D eigenvalue weighted by Gasteiger charge is -2.17. The number of aryl methyl sites for hydroxylation is 1. The Morgan fingerprint density at radius 3 is 2.68 bits per heavy atom. The van der Waals surface area contributed by atoms with Gasteiger partial charge in [0.05, 0.1) is 25.6 Å². The fourth-order valence-corrected chi connectivity index (χ4v) is 3.63. The Hall–Kier alpha value is -2.93. The highest BCUT2D eigenvalue weighted by molar-refractivity contribution is 7.13. The van der Waals surface area contributed by atoms with Gasteiger partial charge in [-0.3, -0.25) is 9.59 Å². The highest BCUT2D eigenvalue weighted by Gasteiger charge is 2.19. The lowest BCUT2D eigenvalue weighted by molar-refractivity contribution is -0.141. The van der Waals surface area contributed by atoms with E-state index in [1.165, 1.54) is 18.4 Å². The van der Waals surface area contributed by atoms with Crippen LogP contribution < -0.4 is 5.32 Å². The van der Waals surface area contributed by atoms with Crippen LogP contribution in [0.4, 0.5) is 0 Å². The number of thiazole rings is 1. The lowest BCUT2D eigenvalue weighted by Crippen LogP contribution is -2.39. The molecule has 0 bridgehead atoms. The number of methoxy groups -OCH3 is 1. The summed E-state index contributed by atoms with van der Waals surface area (Å²) in [6, 6.07) is 13.1. The van der Waals surface area contributed by atoms with Crippen LogP contribution in [-0.4, -0.2) is 30.0 Å². The van der Waals surface area contributed by atoms with E-state index in [1.807, 2.05) is 54.8 Å². The Morgan fingerprint density at radius 2 is 2.00 bits per heavy atom. The van der Waals surface area contributed by atoms with Crippen molar-refractivity contribution >= 4 is 23.2 Å². The van der Waals surface area contributed by atoms with Gasteiger partial charge in [-0.1, -0.05) is 30.3 Å². The number of furan rings is 1. The van der Waals surface area contributed by atoms with Gasteiger partial charge in [0.25, 0.3) is 0 Å². The number of rotatable bonds is 8. The van der Waals surface area contributed by atoms with Gasteiger partial charge in [-0.2, -0.15) is 0 Å². The first-order valence-corrected chi connectivity index (χ1v) is 9.82. The van der Waals surface area contributed by atoms with Crippen LogP contribution in [0.2, 0.25) is 0 Å². The molecule has 0 spiro atoms. The second-order valence-electron chi connectivity index (χ2n) is 6.47. The molecule has 0 unspecified atom stereocenters. The SMILES string of the molecule is COC(=O)C[C@H](Cc1ccccc1)NC(=O)Cc1csc(-c2ccc(C)o2)n1. The molecule has 1 atom stereocenters. The Kier molecular flexibility index (Phi) is 6.60. The second-order valence-corrected chi connectivity index (χ2v) is 7.32. The van der Waals surface area contributed by atoms with Crippen molar-refractivity contribution in [2.24, 2.45) is 0 Å². The Balaban J connectivity index is 1.62. The van der Waals surface area contributed by atoms with Crippen LogP contribution in [0.1, 0.15) is 23.4 Å². The molecular formula is C21H22N2O4S. The van der Waals surface area contributed by atoms with Gasteiger partial charge in [-0.15, -0.1) is 11.3 Å². The van der Waals surface area contributed by atoms with E-state index in [4.69, 9.17) is 9.15 Å². The number of carbonyl (C=O) groups is 2. The fourth-order valence-electron chi connectivity index (χ4n) is 2.85. The number of hydrogen-bond acceptors (Lipinski definition) is 6. The topological polar surface area (TPSA) is 81.4 Å². The maximum atomic E-state index is 12.5. The number of carbonyl (C=O) groups excluding carboxylic acids is 2. The molecule has 0 fully saturated rings. The van der Waals surface area contributed by atoms with Gasteiger partial charge in [-0.05, 0) is 31.0 Å². The van der Waals surface area contributed by atoms with Gasteiger partial charge in [0.1, 0.15) is 5.76 Å². The molecule has 1 amide bonds. The van der Waals surface area contributed by atoms with E-state index < -0.39 is 0 Å². The summed E-state index contributed by atoms with van der Waals surface area (Å²) in [7, 11) is 1.34. The Bertz CT molecular complexity index is 933. The molecular weight excluding hydrogens is 376 g/mol. The summed E-state index contributed by atoms with van der Waals surface area (Å²) in [5.74, 6) is 0.973. The molecule has 28 heavy (non-hydrogen) atoms. The predicted octanol–water partition coefficient (Wildman–Crippen LogP) is 3.54. The lowest BCUT2D eigenvalue weighted by atomic mass is 10.0. The summed E-state index contributed by atoms with van der Waals surface area (Å²) in [6.45, 7) is 1.87. The van der Waals surface area contributed by atoms with Crippen molar-refractivity contribution in [2.45, 2.75) is 32.2 Å². The molecule has 3 rings (SSSR count). The maximum absolute atomic E-state index is 12.5. The molecule has 7 heteroatoms. The third-order valence-electron chi connectivity index (χ3n) is 4.18. The standard InChI is InChI=1S/C21H22N2O4S/c1-14-8-9-18(27-14)21-23-17(13-28-21)11-19(24)22-16(12-20(25)26-2)10-15-6-4-3-5-7-15/h3-9,13,16H,10-12H2,1-2H3,(H,22,24)/t16-/m0/s1. The number of amides is 1. The molecule has 1 aromatic carbocycles. The van der Waals surface area contributed by atoms with Crippen LogP contribution in [0, 0.1) is 6.92 Å². The molecule has 0 aliphatic rings. The largest absolute Gasteiger partial charge is 0.469 e. The number of aromatic nitrogens is 1. The van der Waals surface area contributed by atoms with Crippen molar-refractivity contribution in [3.05, 3.63) is 64.9 Å². The molecule has 2 aromatic heterocycles. The van der Waals surface area contributed by atoms with E-state index in [-0.39, 0.29) is 30.8 Å². The minimum Gasteiger partial charge on any atom is -0.469 e. The first kappa shape index (κ1) is 19.8. The van der Waals surface area contributed by atoms with Crippen molar-refractivity contribution in [1.29, 1.82) is 0 Å². The van der Waals surface area contributed by atoms with E-state index in [2.05, 4.69) is 10.3 Å². The van der Waals surface area contributed by atoms with E-state index in [0.717, 1.165) is 16.3 Å². The molecule has 2 heterocycles. The molecule has 0 saturated heterocycles. The third-order valence-corrected chi connectivity index (χ3v) is 5.08. The average Bonchev–Trinajstić information content (AvgIpc) is 3.31. The second kappa shape index (κ2) is 9.32. The normalized spacial score (nSPS) is 11.8. The van der Waals surface area contributed by atoms with Gasteiger partial charge in [0.15, 0.2) is 10.8 Å². The van der Waals surface area contributed by atoms with Gasteiger partial charge < -0.3 is 14.5 Å². The number of nitrogens with one attached hydrogen (secondary N) is 1. The summed E-state index contributed by atoms with van der Waals surface area (Å²) in [5, 5.41) is 5.52. The van der Waals surface area contributed by atoms with Gasteiger partial charge >= 0.3 is 5.97 Å². The van der Waals surface area contributed by atoms with Crippen molar-refractivity contribution in [2.75, 3.05) is 7.11 Å². The molecule has 0 radical (unpaired) electrons. The summed E-state index contributed by atoms with van der Waals surface area (Å²) >= 11 is 1.43. The Morgan fingerprint density at radius 1 is 1.21 bits per heavy atom. The molecule has 3 aromatic rings. The molecule has 0 saturated carbocycles. The van der Waals surface area contributed by atoms with Crippen molar-refractivity contribution in [3.8, 4) is 10.8 Å². The van der Waals surface area contributed by atoms with Crippen molar-refractivity contribution < 1.29 is 18.7 Å². The third kappa shape index (κ3) is 5.53. The number of esters is 1. The zero-order valence-corrected chi connectivity index (χ0v) is 16.6. The van der Waals surface area contributed by atoms with Crippen molar-refractivity contribution in [3.63, 3.8) is 0 Å². The molecule has 146 valence electrons. The molecule has 6 nitrogen and oxygen atoms in total. The van der Waals surface area contributed by atoms with E-state index in [1.54, 1.807) is 0 Å². The highest BCUT2D eigenvalue weighted by atomic mass is 32.1. The first-order chi connectivity index (χ1) is 13.5. The summed E-state index contributed by atoms with van der Waals surface area (Å²) in [6.07, 6.45) is 0.809. The zero-order chi connectivity index (χ0) is 19.9. The van der Waals surface area contributed by atoms with E-state index >= 15 is 0 Å². The quantitative estimate of drug-likeness (QED) is 0.587. The van der Waals surface area contributed by atoms with Crippen LogP contribution in [0.25, 0.3) is 10.8 Å². The van der Waals surface area contributed by atoms with E-state index in [9.17, 15) is 9.59 Å². The number of hydrogen-bond donors (Lipinski definition) is 1. The van der Waals surface area contributed by atoms with Crippen molar-refractivity contribution in [1.82, 2.24) is 10.3 Å². The van der Waals surface area contributed by atoms with Gasteiger partial charge in [0.2, 0.25) is 5.91 Å². The number of benzene rings is 1. The summed E-state index contributed by atoms with van der Waals surface area (Å²) in [5.41, 5.74) is 1.71. The van der Waals surface area contributed by atoms with E-state index in [0.29, 0.717) is 17.9 Å². The monoisotopic (exact) mass is 398 g/mol. The highest BCUT2D eigenvalue weighted by Crippen LogP contribution is 2.25. The van der Waals surface area contributed by atoms with Crippen LogP contribution >= 0.6 is 11.3 Å².